The Hall–Kier alpha value is -1.25. The van der Waals surface area contributed by atoms with Gasteiger partial charge in [-0.3, -0.25) is 0 Å². The molecule has 3 nitrogen and oxygen atoms in total. The van der Waals surface area contributed by atoms with Gasteiger partial charge in [-0.1, -0.05) is 19.9 Å². The number of hydrogen-bond donors (Lipinski definition) is 0. The standard InChI is InChI=1S/C11H18N2O/c1-5-7-8-10-11(6-2)13(14-4)9(3)12-10/h7-8H,5-6H2,1-4H3/b8-7-. The molecule has 0 spiro atoms. The minimum atomic E-state index is 0.903. The van der Waals surface area contributed by atoms with Crippen molar-refractivity contribution in [2.75, 3.05) is 7.11 Å². The molecule has 0 aliphatic carbocycles. The smallest absolute Gasteiger partial charge is 0.142 e. The van der Waals surface area contributed by atoms with E-state index in [9.17, 15) is 0 Å². The number of rotatable bonds is 4. The molecule has 78 valence electrons. The number of imidazole rings is 1. The van der Waals surface area contributed by atoms with Gasteiger partial charge in [0.05, 0.1) is 11.4 Å². The molecular formula is C11H18N2O. The third-order valence-electron chi connectivity index (χ3n) is 2.15. The van der Waals surface area contributed by atoms with Gasteiger partial charge in [-0.15, -0.1) is 0 Å². The van der Waals surface area contributed by atoms with E-state index in [1.54, 1.807) is 11.8 Å². The zero-order valence-corrected chi connectivity index (χ0v) is 9.37. The van der Waals surface area contributed by atoms with Crippen molar-refractivity contribution in [3.8, 4) is 0 Å². The number of nitrogens with zero attached hydrogens (tertiary/aromatic N) is 2. The Kier molecular flexibility index (Phi) is 3.74. The molecule has 0 bridgehead atoms. The van der Waals surface area contributed by atoms with E-state index in [-0.39, 0.29) is 0 Å². The van der Waals surface area contributed by atoms with Crippen LogP contribution in [-0.2, 0) is 6.42 Å². The lowest BCUT2D eigenvalue weighted by Crippen LogP contribution is -2.11. The second kappa shape index (κ2) is 4.84. The Morgan fingerprint density at radius 3 is 2.64 bits per heavy atom. The fourth-order valence-corrected chi connectivity index (χ4v) is 1.51. The Morgan fingerprint density at radius 2 is 2.14 bits per heavy atom. The zero-order valence-electron chi connectivity index (χ0n) is 9.37. The van der Waals surface area contributed by atoms with E-state index in [2.05, 4.69) is 31.0 Å². The van der Waals surface area contributed by atoms with Crippen LogP contribution in [0.25, 0.3) is 6.08 Å². The minimum Gasteiger partial charge on any atom is -0.416 e. The maximum absolute atomic E-state index is 5.25. The van der Waals surface area contributed by atoms with Gasteiger partial charge < -0.3 is 4.84 Å². The lowest BCUT2D eigenvalue weighted by atomic mass is 10.2. The van der Waals surface area contributed by atoms with Crippen molar-refractivity contribution in [1.82, 2.24) is 9.71 Å². The Bertz CT molecular complexity index is 326. The summed E-state index contributed by atoms with van der Waals surface area (Å²) in [6.07, 6.45) is 6.13. The van der Waals surface area contributed by atoms with E-state index in [0.29, 0.717) is 0 Å². The summed E-state index contributed by atoms with van der Waals surface area (Å²) in [6, 6.07) is 0. The lowest BCUT2D eigenvalue weighted by Gasteiger charge is -2.05. The van der Waals surface area contributed by atoms with Gasteiger partial charge in [0, 0.05) is 0 Å². The first-order valence-corrected chi connectivity index (χ1v) is 5.03. The van der Waals surface area contributed by atoms with Gasteiger partial charge in [-0.2, -0.15) is 4.73 Å². The van der Waals surface area contributed by atoms with Crippen molar-refractivity contribution in [2.45, 2.75) is 33.6 Å². The summed E-state index contributed by atoms with van der Waals surface area (Å²) in [5, 5.41) is 0. The van der Waals surface area contributed by atoms with Gasteiger partial charge in [0.1, 0.15) is 12.9 Å². The molecule has 0 radical (unpaired) electrons. The van der Waals surface area contributed by atoms with Gasteiger partial charge in [-0.05, 0) is 25.8 Å². The highest BCUT2D eigenvalue weighted by molar-refractivity contribution is 5.48. The van der Waals surface area contributed by atoms with Crippen molar-refractivity contribution in [1.29, 1.82) is 0 Å². The van der Waals surface area contributed by atoms with Crippen molar-refractivity contribution in [3.63, 3.8) is 0 Å². The molecule has 0 aromatic carbocycles. The van der Waals surface area contributed by atoms with E-state index >= 15 is 0 Å². The fraction of sp³-hybridized carbons (Fsp3) is 0.545. The molecule has 0 saturated carbocycles. The Morgan fingerprint density at radius 1 is 1.43 bits per heavy atom. The molecule has 0 aliphatic rings. The molecule has 0 atom stereocenters. The summed E-state index contributed by atoms with van der Waals surface area (Å²) >= 11 is 0. The average Bonchev–Trinajstić information content (AvgIpc) is 2.50. The molecule has 0 saturated heterocycles. The quantitative estimate of drug-likeness (QED) is 0.735. The van der Waals surface area contributed by atoms with Gasteiger partial charge in [0.25, 0.3) is 0 Å². The van der Waals surface area contributed by atoms with Gasteiger partial charge in [0.2, 0.25) is 0 Å². The number of aromatic nitrogens is 2. The SMILES string of the molecule is CC/C=C\c1nc(C)n(OC)c1CC. The van der Waals surface area contributed by atoms with Crippen molar-refractivity contribution < 1.29 is 4.84 Å². The maximum Gasteiger partial charge on any atom is 0.142 e. The van der Waals surface area contributed by atoms with Crippen LogP contribution in [0.4, 0.5) is 0 Å². The molecule has 3 heteroatoms. The van der Waals surface area contributed by atoms with E-state index in [1.807, 2.05) is 6.92 Å². The average molecular weight is 194 g/mol. The van der Waals surface area contributed by atoms with Crippen LogP contribution in [0.2, 0.25) is 0 Å². The lowest BCUT2D eigenvalue weighted by molar-refractivity contribution is 0.153. The predicted molar refractivity (Wildman–Crippen MR) is 58.2 cm³/mol. The van der Waals surface area contributed by atoms with Crippen LogP contribution in [0.5, 0.6) is 0 Å². The molecule has 14 heavy (non-hydrogen) atoms. The largest absolute Gasteiger partial charge is 0.416 e. The Balaban J connectivity index is 3.10. The third kappa shape index (κ3) is 1.97. The first-order chi connectivity index (χ1) is 6.74. The highest BCUT2D eigenvalue weighted by Gasteiger charge is 2.10. The van der Waals surface area contributed by atoms with Gasteiger partial charge in [0.15, 0.2) is 0 Å². The highest BCUT2D eigenvalue weighted by atomic mass is 16.6. The third-order valence-corrected chi connectivity index (χ3v) is 2.15. The number of hydrogen-bond acceptors (Lipinski definition) is 2. The summed E-state index contributed by atoms with van der Waals surface area (Å²) < 4.78 is 1.79. The normalized spacial score (nSPS) is 11.1. The number of aryl methyl sites for hydroxylation is 1. The summed E-state index contributed by atoms with van der Waals surface area (Å²) in [5.74, 6) is 0.903. The Labute approximate surface area is 85.4 Å². The van der Waals surface area contributed by atoms with E-state index < -0.39 is 0 Å². The van der Waals surface area contributed by atoms with Crippen LogP contribution in [0, 0.1) is 6.92 Å². The minimum absolute atomic E-state index is 0.903. The first kappa shape index (κ1) is 10.8. The monoisotopic (exact) mass is 194 g/mol. The van der Waals surface area contributed by atoms with E-state index in [1.165, 1.54) is 0 Å². The van der Waals surface area contributed by atoms with Crippen molar-refractivity contribution >= 4 is 6.08 Å². The van der Waals surface area contributed by atoms with Crippen molar-refractivity contribution in [2.24, 2.45) is 0 Å². The highest BCUT2D eigenvalue weighted by Crippen LogP contribution is 2.12. The number of allylic oxidation sites excluding steroid dienone is 1. The van der Waals surface area contributed by atoms with Gasteiger partial charge in [-0.25, -0.2) is 4.98 Å². The molecule has 0 aliphatic heterocycles. The summed E-state index contributed by atoms with van der Waals surface area (Å²) in [7, 11) is 1.67. The second-order valence-electron chi connectivity index (χ2n) is 3.13. The summed E-state index contributed by atoms with van der Waals surface area (Å²) in [6.45, 7) is 6.17. The summed E-state index contributed by atoms with van der Waals surface area (Å²) in [5.41, 5.74) is 2.16. The molecule has 0 amide bonds. The zero-order chi connectivity index (χ0) is 10.6. The van der Waals surface area contributed by atoms with Crippen molar-refractivity contribution in [3.05, 3.63) is 23.3 Å². The molecule has 1 rings (SSSR count). The fourth-order valence-electron chi connectivity index (χ4n) is 1.51. The molecular weight excluding hydrogens is 176 g/mol. The topological polar surface area (TPSA) is 27.1 Å². The molecule has 1 aromatic rings. The maximum atomic E-state index is 5.25. The molecule has 1 heterocycles. The van der Waals surface area contributed by atoms with E-state index in [0.717, 1.165) is 30.1 Å². The van der Waals surface area contributed by atoms with Crippen LogP contribution in [0.3, 0.4) is 0 Å². The van der Waals surface area contributed by atoms with Crippen LogP contribution >= 0.6 is 0 Å². The first-order valence-electron chi connectivity index (χ1n) is 5.03. The molecule has 0 unspecified atom stereocenters. The van der Waals surface area contributed by atoms with Gasteiger partial charge >= 0.3 is 0 Å². The van der Waals surface area contributed by atoms with Crippen LogP contribution in [0.1, 0.15) is 37.5 Å². The van der Waals surface area contributed by atoms with Crippen LogP contribution < -0.4 is 4.84 Å². The van der Waals surface area contributed by atoms with E-state index in [4.69, 9.17) is 4.84 Å². The molecule has 0 N–H and O–H groups in total. The van der Waals surface area contributed by atoms with Crippen LogP contribution in [-0.4, -0.2) is 16.8 Å². The second-order valence-corrected chi connectivity index (χ2v) is 3.13. The molecule has 1 aromatic heterocycles. The van der Waals surface area contributed by atoms with Crippen LogP contribution in [0.15, 0.2) is 6.08 Å². The summed E-state index contributed by atoms with van der Waals surface area (Å²) in [4.78, 5) is 9.69. The molecule has 0 fully saturated rings. The predicted octanol–water partition coefficient (Wildman–Crippen LogP) is 2.24.